The number of hydrogen-bond acceptors (Lipinski definition) is 2. The van der Waals surface area contributed by atoms with Crippen molar-refractivity contribution >= 4 is 43.8 Å². The van der Waals surface area contributed by atoms with E-state index in [-0.39, 0.29) is 0 Å². The molecule has 3 aromatic heterocycles. The topological polar surface area (TPSA) is 30.7 Å². The van der Waals surface area contributed by atoms with Crippen LogP contribution in [0.2, 0.25) is 0 Å². The Balaban J connectivity index is 1.35. The highest BCUT2D eigenvalue weighted by Crippen LogP contribution is 2.49. The normalized spacial score (nSPS) is 14.4. The van der Waals surface area contributed by atoms with Gasteiger partial charge in [-0.25, -0.2) is 0 Å². The molecule has 0 aliphatic heterocycles. The Labute approximate surface area is 202 Å². The zero-order valence-electron chi connectivity index (χ0n) is 19.1. The van der Waals surface area contributed by atoms with Gasteiger partial charge in [-0.05, 0) is 75.2 Å². The second-order valence-electron chi connectivity index (χ2n) is 9.39. The zero-order chi connectivity index (χ0) is 22.9. The van der Waals surface area contributed by atoms with E-state index in [1.165, 1.54) is 60.9 Å². The first-order valence-corrected chi connectivity index (χ1v) is 12.1. The molecule has 0 amide bonds. The zero-order valence-corrected chi connectivity index (χ0v) is 19.1. The van der Waals surface area contributed by atoms with Crippen LogP contribution in [0, 0.1) is 0 Å². The summed E-state index contributed by atoms with van der Waals surface area (Å²) >= 11 is 0. The van der Waals surface area contributed by atoms with Crippen LogP contribution in [0.25, 0.3) is 66.1 Å². The summed E-state index contributed by atoms with van der Waals surface area (Å²) in [6.07, 6.45) is 14.4. The lowest BCUT2D eigenvalue weighted by molar-refractivity contribution is 1.04. The number of hydrogen-bond donors (Lipinski definition) is 0. The Bertz CT molecular complexity index is 1820. The monoisotopic (exact) mass is 447 g/mol. The van der Waals surface area contributed by atoms with Crippen molar-refractivity contribution in [3.05, 3.63) is 109 Å². The van der Waals surface area contributed by atoms with Crippen LogP contribution in [0.3, 0.4) is 0 Å². The van der Waals surface area contributed by atoms with Crippen LogP contribution in [0.1, 0.15) is 18.4 Å². The molecule has 3 nitrogen and oxygen atoms in total. The van der Waals surface area contributed by atoms with Crippen molar-refractivity contribution in [2.45, 2.75) is 12.8 Å². The fourth-order valence-electron chi connectivity index (χ4n) is 6.13. The van der Waals surface area contributed by atoms with Crippen molar-refractivity contribution in [1.29, 1.82) is 0 Å². The second kappa shape index (κ2) is 7.00. The Morgan fingerprint density at radius 3 is 2.00 bits per heavy atom. The molecule has 0 fully saturated rings. The molecule has 0 atom stereocenters. The lowest BCUT2D eigenvalue weighted by atomic mass is 9.90. The molecule has 0 saturated heterocycles. The van der Waals surface area contributed by atoms with Gasteiger partial charge in [0.25, 0.3) is 0 Å². The Morgan fingerprint density at radius 2 is 1.26 bits per heavy atom. The lowest BCUT2D eigenvalue weighted by Crippen LogP contribution is -2.00. The third-order valence-corrected chi connectivity index (χ3v) is 7.61. The molecule has 3 heterocycles. The molecule has 35 heavy (non-hydrogen) atoms. The van der Waals surface area contributed by atoms with Crippen LogP contribution in [0.4, 0.5) is 0 Å². The van der Waals surface area contributed by atoms with E-state index in [1.54, 1.807) is 0 Å². The van der Waals surface area contributed by atoms with Gasteiger partial charge in [-0.1, -0.05) is 60.7 Å². The molecule has 0 N–H and O–H groups in total. The Morgan fingerprint density at radius 1 is 0.600 bits per heavy atom. The molecule has 0 spiro atoms. The van der Waals surface area contributed by atoms with E-state index in [4.69, 9.17) is 0 Å². The SMILES string of the molecule is C1=C(c2ccc3c4c(cccc24)-c2ccccc2-3)CCC=C1n1c2ccncc2c2cnccc21. The maximum absolute atomic E-state index is 4.38. The van der Waals surface area contributed by atoms with Crippen molar-refractivity contribution in [3.8, 4) is 22.3 Å². The van der Waals surface area contributed by atoms with Gasteiger partial charge in [0, 0.05) is 41.3 Å². The third-order valence-electron chi connectivity index (χ3n) is 7.61. The van der Waals surface area contributed by atoms with Crippen LogP contribution in [-0.4, -0.2) is 14.5 Å². The third kappa shape index (κ3) is 2.55. The van der Waals surface area contributed by atoms with Crippen LogP contribution >= 0.6 is 0 Å². The average Bonchev–Trinajstić information content (AvgIpc) is 3.44. The summed E-state index contributed by atoms with van der Waals surface area (Å²) in [7, 11) is 0. The van der Waals surface area contributed by atoms with E-state index < -0.39 is 0 Å². The van der Waals surface area contributed by atoms with E-state index >= 15 is 0 Å². The molecule has 0 unspecified atom stereocenters. The summed E-state index contributed by atoms with van der Waals surface area (Å²) in [4.78, 5) is 8.76. The van der Waals surface area contributed by atoms with Crippen LogP contribution in [-0.2, 0) is 0 Å². The largest absolute Gasteiger partial charge is 0.309 e. The standard InChI is InChI=1S/C32H21N3/c1-2-8-24-23(7-1)26-10-4-9-25-22(11-12-27(24)32(25)26)20-5-3-6-21(17-20)35-30-13-15-33-18-28(30)29-19-34-16-14-31(29)35/h1-2,4,6-19H,3,5H2. The van der Waals surface area contributed by atoms with E-state index in [0.717, 1.165) is 23.6 Å². The van der Waals surface area contributed by atoms with Crippen molar-refractivity contribution in [2.24, 2.45) is 0 Å². The van der Waals surface area contributed by atoms with Crippen molar-refractivity contribution in [3.63, 3.8) is 0 Å². The van der Waals surface area contributed by atoms with Gasteiger partial charge in [-0.15, -0.1) is 0 Å². The number of rotatable bonds is 2. The Kier molecular flexibility index (Phi) is 3.78. The first kappa shape index (κ1) is 18.9. The number of fused-ring (bicyclic) bond motifs is 6. The molecule has 0 radical (unpaired) electrons. The molecule has 6 aromatic rings. The molecule has 0 saturated carbocycles. The number of benzene rings is 3. The van der Waals surface area contributed by atoms with Gasteiger partial charge in [0.05, 0.1) is 11.0 Å². The second-order valence-corrected chi connectivity index (χ2v) is 9.39. The summed E-state index contributed by atoms with van der Waals surface area (Å²) in [5.74, 6) is 0. The van der Waals surface area contributed by atoms with Crippen molar-refractivity contribution < 1.29 is 0 Å². The van der Waals surface area contributed by atoms with Gasteiger partial charge in [-0.2, -0.15) is 0 Å². The Hall–Kier alpha value is -4.50. The summed E-state index contributed by atoms with van der Waals surface area (Å²) in [6.45, 7) is 0. The highest BCUT2D eigenvalue weighted by molar-refractivity contribution is 6.18. The van der Waals surface area contributed by atoms with Crippen molar-refractivity contribution in [2.75, 3.05) is 0 Å². The summed E-state index contributed by atoms with van der Waals surface area (Å²) < 4.78 is 2.36. The number of nitrogens with zero attached hydrogens (tertiary/aromatic N) is 3. The van der Waals surface area contributed by atoms with E-state index in [2.05, 4.69) is 93.4 Å². The van der Waals surface area contributed by atoms with Gasteiger partial charge in [-0.3, -0.25) is 9.97 Å². The van der Waals surface area contributed by atoms with Gasteiger partial charge in [0.2, 0.25) is 0 Å². The van der Waals surface area contributed by atoms with Crippen LogP contribution in [0.5, 0.6) is 0 Å². The number of allylic oxidation sites excluding steroid dienone is 4. The highest BCUT2D eigenvalue weighted by Gasteiger charge is 2.23. The highest BCUT2D eigenvalue weighted by atomic mass is 15.0. The molecule has 8 rings (SSSR count). The summed E-state index contributed by atoms with van der Waals surface area (Å²) in [6, 6.07) is 24.4. The first-order valence-electron chi connectivity index (χ1n) is 12.1. The molecular formula is C32H21N3. The maximum atomic E-state index is 4.38. The quantitative estimate of drug-likeness (QED) is 0.268. The smallest absolute Gasteiger partial charge is 0.0572 e. The minimum absolute atomic E-state index is 1.02. The molecule has 2 aliphatic rings. The van der Waals surface area contributed by atoms with Gasteiger partial charge >= 0.3 is 0 Å². The van der Waals surface area contributed by atoms with E-state index in [0.29, 0.717) is 0 Å². The first-order chi connectivity index (χ1) is 17.4. The fraction of sp³-hybridized carbons (Fsp3) is 0.0625. The number of pyridine rings is 2. The van der Waals surface area contributed by atoms with Crippen molar-refractivity contribution in [1.82, 2.24) is 14.5 Å². The predicted octanol–water partition coefficient (Wildman–Crippen LogP) is 8.10. The fourth-order valence-corrected chi connectivity index (χ4v) is 6.13. The summed E-state index contributed by atoms with van der Waals surface area (Å²) in [5, 5.41) is 5.01. The summed E-state index contributed by atoms with van der Waals surface area (Å²) in [5.41, 5.74) is 11.7. The molecule has 2 aliphatic carbocycles. The van der Waals surface area contributed by atoms with E-state index in [9.17, 15) is 0 Å². The van der Waals surface area contributed by atoms with Gasteiger partial charge < -0.3 is 4.57 Å². The molecule has 0 bridgehead atoms. The lowest BCUT2D eigenvalue weighted by Gasteiger charge is -2.19. The minimum atomic E-state index is 1.02. The van der Waals surface area contributed by atoms with E-state index in [1.807, 2.05) is 24.8 Å². The average molecular weight is 448 g/mol. The minimum Gasteiger partial charge on any atom is -0.309 e. The molecular weight excluding hydrogens is 426 g/mol. The molecule has 164 valence electrons. The van der Waals surface area contributed by atoms with Gasteiger partial charge in [0.1, 0.15) is 0 Å². The maximum Gasteiger partial charge on any atom is 0.0572 e. The molecule has 3 heteroatoms. The van der Waals surface area contributed by atoms with Crippen LogP contribution < -0.4 is 0 Å². The van der Waals surface area contributed by atoms with Gasteiger partial charge in [0.15, 0.2) is 0 Å². The van der Waals surface area contributed by atoms with Crippen LogP contribution in [0.15, 0.2) is 104 Å². The predicted molar refractivity (Wildman–Crippen MR) is 145 cm³/mol. The molecule has 3 aromatic carbocycles. The number of aromatic nitrogens is 3.